The third kappa shape index (κ3) is 5.18. The summed E-state index contributed by atoms with van der Waals surface area (Å²) in [5, 5.41) is 12.1. The number of nitriles is 1. The van der Waals surface area contributed by atoms with Crippen molar-refractivity contribution >= 4 is 11.7 Å². The monoisotopic (exact) mass is 355 g/mol. The molecule has 3 rings (SSSR count). The minimum Gasteiger partial charge on any atom is -0.357 e. The van der Waals surface area contributed by atoms with E-state index in [9.17, 15) is 4.79 Å². The highest BCUT2D eigenvalue weighted by Crippen LogP contribution is 2.22. The van der Waals surface area contributed by atoms with E-state index < -0.39 is 0 Å². The molecule has 0 bridgehead atoms. The van der Waals surface area contributed by atoms with E-state index >= 15 is 0 Å². The van der Waals surface area contributed by atoms with Gasteiger partial charge in [0.25, 0.3) is 0 Å². The van der Waals surface area contributed by atoms with E-state index in [4.69, 9.17) is 5.26 Å². The smallest absolute Gasteiger partial charge is 0.223 e. The van der Waals surface area contributed by atoms with Crippen LogP contribution in [0.1, 0.15) is 44.2 Å². The van der Waals surface area contributed by atoms with Gasteiger partial charge in [-0.25, -0.2) is 4.98 Å². The van der Waals surface area contributed by atoms with Gasteiger partial charge in [0, 0.05) is 25.6 Å². The highest BCUT2D eigenvalue weighted by molar-refractivity contribution is 5.78. The molecule has 26 heavy (non-hydrogen) atoms. The van der Waals surface area contributed by atoms with Crippen LogP contribution in [0.3, 0.4) is 0 Å². The Morgan fingerprint density at radius 1 is 1.19 bits per heavy atom. The fourth-order valence-corrected chi connectivity index (χ4v) is 3.87. The van der Waals surface area contributed by atoms with Crippen molar-refractivity contribution in [2.75, 3.05) is 44.2 Å². The van der Waals surface area contributed by atoms with E-state index in [0.29, 0.717) is 5.69 Å². The summed E-state index contributed by atoms with van der Waals surface area (Å²) in [5.74, 6) is 1.13. The van der Waals surface area contributed by atoms with Crippen LogP contribution >= 0.6 is 0 Å². The minimum atomic E-state index is 0.0976. The van der Waals surface area contributed by atoms with Crippen molar-refractivity contribution in [1.82, 2.24) is 15.2 Å². The summed E-state index contributed by atoms with van der Waals surface area (Å²) in [4.78, 5) is 21.4. The zero-order chi connectivity index (χ0) is 18.2. The molecule has 1 N–H and O–H groups in total. The average Bonchev–Trinajstić information content (AvgIpc) is 2.72. The maximum atomic E-state index is 12.4. The Labute approximate surface area is 156 Å². The van der Waals surface area contributed by atoms with E-state index in [1.807, 2.05) is 12.1 Å². The summed E-state index contributed by atoms with van der Waals surface area (Å²) in [6, 6.07) is 7.59. The number of hydrogen-bond donors (Lipinski definition) is 1. The highest BCUT2D eigenvalue weighted by atomic mass is 16.1. The van der Waals surface area contributed by atoms with Gasteiger partial charge in [0.15, 0.2) is 0 Å². The summed E-state index contributed by atoms with van der Waals surface area (Å²) in [6.07, 6.45) is 6.72. The van der Waals surface area contributed by atoms with Crippen LogP contribution in [0.2, 0.25) is 0 Å². The van der Waals surface area contributed by atoms with Gasteiger partial charge < -0.3 is 15.1 Å². The number of nitrogens with one attached hydrogen (secondary N) is 1. The molecule has 0 radical (unpaired) electrons. The summed E-state index contributed by atoms with van der Waals surface area (Å²) in [5.41, 5.74) is 0.441. The van der Waals surface area contributed by atoms with Crippen molar-refractivity contribution in [1.29, 1.82) is 5.26 Å². The lowest BCUT2D eigenvalue weighted by molar-refractivity contribution is -0.125. The summed E-state index contributed by atoms with van der Waals surface area (Å²) in [7, 11) is 0. The Balaban J connectivity index is 1.36. The number of likely N-dealkylation sites (tertiary alicyclic amines) is 1. The molecule has 2 saturated heterocycles. The first-order valence-corrected chi connectivity index (χ1v) is 9.88. The SMILES string of the molecule is N#Cc1cccc(N2CCC(C(=O)NCCCN3CCCCC3)CC2)n1. The predicted molar refractivity (Wildman–Crippen MR) is 102 cm³/mol. The summed E-state index contributed by atoms with van der Waals surface area (Å²) < 4.78 is 0. The maximum absolute atomic E-state index is 12.4. The average molecular weight is 355 g/mol. The minimum absolute atomic E-state index is 0.0976. The van der Waals surface area contributed by atoms with Gasteiger partial charge in [-0.05, 0) is 63.9 Å². The molecule has 0 unspecified atom stereocenters. The third-order valence-corrected chi connectivity index (χ3v) is 5.44. The van der Waals surface area contributed by atoms with Crippen LogP contribution in [0.25, 0.3) is 0 Å². The predicted octanol–water partition coefficient (Wildman–Crippen LogP) is 2.16. The molecule has 3 heterocycles. The normalized spacial score (nSPS) is 19.1. The zero-order valence-corrected chi connectivity index (χ0v) is 15.5. The van der Waals surface area contributed by atoms with E-state index in [1.54, 1.807) is 6.07 Å². The molecule has 1 amide bonds. The zero-order valence-electron chi connectivity index (χ0n) is 15.5. The molecular weight excluding hydrogens is 326 g/mol. The molecule has 1 aromatic heterocycles. The number of carbonyl (C=O) groups excluding carboxylic acids is 1. The second-order valence-corrected chi connectivity index (χ2v) is 7.30. The van der Waals surface area contributed by atoms with E-state index in [0.717, 1.165) is 51.3 Å². The first-order valence-electron chi connectivity index (χ1n) is 9.88. The summed E-state index contributed by atoms with van der Waals surface area (Å²) >= 11 is 0. The fraction of sp³-hybridized carbons (Fsp3) is 0.650. The Bertz CT molecular complexity index is 627. The largest absolute Gasteiger partial charge is 0.357 e. The molecule has 0 saturated carbocycles. The topological polar surface area (TPSA) is 72.3 Å². The molecule has 1 aromatic rings. The number of carbonyl (C=O) groups is 1. The number of rotatable bonds is 6. The molecule has 0 aromatic carbocycles. The van der Waals surface area contributed by atoms with Crippen molar-refractivity contribution in [3.8, 4) is 6.07 Å². The number of piperidine rings is 2. The molecule has 6 nitrogen and oxygen atoms in total. The van der Waals surface area contributed by atoms with Gasteiger partial charge >= 0.3 is 0 Å². The van der Waals surface area contributed by atoms with Gasteiger partial charge in [0.05, 0.1) is 0 Å². The molecule has 2 aliphatic heterocycles. The first-order chi connectivity index (χ1) is 12.8. The quantitative estimate of drug-likeness (QED) is 0.792. The Morgan fingerprint density at radius 3 is 2.69 bits per heavy atom. The molecule has 140 valence electrons. The molecule has 6 heteroatoms. The van der Waals surface area contributed by atoms with E-state index in [2.05, 4.69) is 26.2 Å². The van der Waals surface area contributed by atoms with Crippen LogP contribution in [-0.4, -0.2) is 55.1 Å². The van der Waals surface area contributed by atoms with Gasteiger partial charge in [-0.3, -0.25) is 4.79 Å². The molecule has 0 aliphatic carbocycles. The fourth-order valence-electron chi connectivity index (χ4n) is 3.87. The molecule has 2 fully saturated rings. The lowest BCUT2D eigenvalue weighted by atomic mass is 9.96. The van der Waals surface area contributed by atoms with Gasteiger partial charge in [0.1, 0.15) is 17.6 Å². The number of hydrogen-bond acceptors (Lipinski definition) is 5. The maximum Gasteiger partial charge on any atom is 0.223 e. The third-order valence-electron chi connectivity index (χ3n) is 5.44. The number of anilines is 1. The van der Waals surface area contributed by atoms with Crippen LogP contribution in [0.4, 0.5) is 5.82 Å². The standard InChI is InChI=1S/C20H29N5O/c21-16-18-6-4-7-19(23-18)25-14-8-17(9-15-25)20(26)22-10-5-13-24-11-2-1-3-12-24/h4,6-7,17H,1-3,5,8-15H2,(H,22,26). The van der Waals surface area contributed by atoms with Crippen LogP contribution < -0.4 is 10.2 Å². The van der Waals surface area contributed by atoms with Gasteiger partial charge in [-0.15, -0.1) is 0 Å². The molecule has 0 spiro atoms. The first kappa shape index (κ1) is 18.7. The van der Waals surface area contributed by atoms with Crippen LogP contribution in [0, 0.1) is 17.2 Å². The Hall–Kier alpha value is -2.13. The number of nitrogens with zero attached hydrogens (tertiary/aromatic N) is 4. The van der Waals surface area contributed by atoms with E-state index in [-0.39, 0.29) is 11.8 Å². The number of aromatic nitrogens is 1. The van der Waals surface area contributed by atoms with Gasteiger partial charge in [0.2, 0.25) is 5.91 Å². The van der Waals surface area contributed by atoms with Crippen LogP contribution in [0.5, 0.6) is 0 Å². The summed E-state index contributed by atoms with van der Waals surface area (Å²) in [6.45, 7) is 5.93. The van der Waals surface area contributed by atoms with Gasteiger partial charge in [-0.1, -0.05) is 12.5 Å². The van der Waals surface area contributed by atoms with Crippen molar-refractivity contribution < 1.29 is 4.79 Å². The van der Waals surface area contributed by atoms with Crippen LogP contribution in [0.15, 0.2) is 18.2 Å². The number of amides is 1. The van der Waals surface area contributed by atoms with Gasteiger partial charge in [-0.2, -0.15) is 5.26 Å². The van der Waals surface area contributed by atoms with Crippen molar-refractivity contribution in [3.63, 3.8) is 0 Å². The Kier molecular flexibility index (Phi) is 6.84. The van der Waals surface area contributed by atoms with Crippen molar-refractivity contribution in [2.45, 2.75) is 38.5 Å². The lowest BCUT2D eigenvalue weighted by Crippen LogP contribution is -2.41. The molecule has 2 aliphatic rings. The second-order valence-electron chi connectivity index (χ2n) is 7.30. The van der Waals surface area contributed by atoms with E-state index in [1.165, 1.54) is 32.4 Å². The van der Waals surface area contributed by atoms with Crippen LogP contribution in [-0.2, 0) is 4.79 Å². The van der Waals surface area contributed by atoms with Crippen molar-refractivity contribution in [3.05, 3.63) is 23.9 Å². The van der Waals surface area contributed by atoms with Crippen molar-refractivity contribution in [2.24, 2.45) is 5.92 Å². The molecule has 0 atom stereocenters. The Morgan fingerprint density at radius 2 is 1.96 bits per heavy atom. The highest BCUT2D eigenvalue weighted by Gasteiger charge is 2.25. The second kappa shape index (κ2) is 9.54. The lowest BCUT2D eigenvalue weighted by Gasteiger charge is -2.32. The molecular formula is C20H29N5O. The number of pyridine rings is 1.